The lowest BCUT2D eigenvalue weighted by molar-refractivity contribution is 0.0205. The molecule has 122 valence electrons. The number of phenols is 1. The first-order chi connectivity index (χ1) is 10.1. The van der Waals surface area contributed by atoms with Gasteiger partial charge in [0.05, 0.1) is 18.7 Å². The summed E-state index contributed by atoms with van der Waals surface area (Å²) in [6.45, 7) is 5.03. The van der Waals surface area contributed by atoms with Gasteiger partial charge in [-0.1, -0.05) is 0 Å². The first kappa shape index (κ1) is 16.5. The van der Waals surface area contributed by atoms with Crippen molar-refractivity contribution in [2.45, 2.75) is 44.9 Å². The number of amides is 1. The van der Waals surface area contributed by atoms with Crippen molar-refractivity contribution in [2.75, 3.05) is 6.54 Å². The number of aliphatic hydroxyl groups excluding tert-OH is 1. The van der Waals surface area contributed by atoms with Gasteiger partial charge in [-0.15, -0.1) is 0 Å². The Kier molecular flexibility index (Phi) is 4.28. The maximum Gasteiger partial charge on any atom is 0.410 e. The SMILES string of the molecule is CC(C)(C)OC(=O)N1C[C@H](O)CC1c1cc(F)cc(F)c1O. The lowest BCUT2D eigenvalue weighted by atomic mass is 10.0. The van der Waals surface area contributed by atoms with Crippen molar-refractivity contribution in [3.05, 3.63) is 29.3 Å². The molecule has 0 bridgehead atoms. The van der Waals surface area contributed by atoms with Crippen molar-refractivity contribution >= 4 is 6.09 Å². The van der Waals surface area contributed by atoms with E-state index >= 15 is 0 Å². The lowest BCUT2D eigenvalue weighted by Gasteiger charge is -2.29. The van der Waals surface area contributed by atoms with Gasteiger partial charge >= 0.3 is 6.09 Å². The number of carbonyl (C=O) groups excluding carboxylic acids is 1. The molecule has 1 aromatic rings. The molecule has 1 heterocycles. The molecule has 1 saturated heterocycles. The van der Waals surface area contributed by atoms with E-state index in [0.717, 1.165) is 6.07 Å². The van der Waals surface area contributed by atoms with Crippen molar-refractivity contribution in [1.82, 2.24) is 4.90 Å². The van der Waals surface area contributed by atoms with Crippen LogP contribution in [0.25, 0.3) is 0 Å². The fourth-order valence-corrected chi connectivity index (χ4v) is 2.47. The van der Waals surface area contributed by atoms with Crippen LogP contribution in [0.5, 0.6) is 5.75 Å². The maximum atomic E-state index is 13.5. The molecule has 5 nitrogen and oxygen atoms in total. The third kappa shape index (κ3) is 3.47. The van der Waals surface area contributed by atoms with Crippen LogP contribution in [-0.4, -0.2) is 39.5 Å². The minimum Gasteiger partial charge on any atom is -0.505 e. The number of ether oxygens (including phenoxy) is 1. The topological polar surface area (TPSA) is 70.0 Å². The predicted octanol–water partition coefficient (Wildman–Crippen LogP) is 2.71. The summed E-state index contributed by atoms with van der Waals surface area (Å²) in [4.78, 5) is 13.4. The summed E-state index contributed by atoms with van der Waals surface area (Å²) in [7, 11) is 0. The van der Waals surface area contributed by atoms with Gasteiger partial charge in [-0.25, -0.2) is 13.6 Å². The molecule has 2 N–H and O–H groups in total. The molecule has 0 aromatic heterocycles. The number of carbonyl (C=O) groups is 1. The average Bonchev–Trinajstić information content (AvgIpc) is 2.74. The number of benzene rings is 1. The van der Waals surface area contributed by atoms with E-state index in [1.807, 2.05) is 0 Å². The van der Waals surface area contributed by atoms with Gasteiger partial charge in [0.1, 0.15) is 11.4 Å². The Morgan fingerprint density at radius 3 is 2.59 bits per heavy atom. The van der Waals surface area contributed by atoms with Crippen LogP contribution in [-0.2, 0) is 4.74 Å². The summed E-state index contributed by atoms with van der Waals surface area (Å²) in [6.07, 6.45) is -1.50. The fraction of sp³-hybridized carbons (Fsp3) is 0.533. The van der Waals surface area contributed by atoms with Gasteiger partial charge in [0.2, 0.25) is 0 Å². The minimum atomic E-state index is -1.11. The van der Waals surface area contributed by atoms with Crippen LogP contribution in [0.1, 0.15) is 38.8 Å². The number of hydrogen-bond acceptors (Lipinski definition) is 4. The molecular formula is C15H19F2NO4. The van der Waals surface area contributed by atoms with Crippen LogP contribution in [0, 0.1) is 11.6 Å². The predicted molar refractivity (Wildman–Crippen MR) is 74.3 cm³/mol. The van der Waals surface area contributed by atoms with Crippen molar-refractivity contribution in [3.8, 4) is 5.75 Å². The highest BCUT2D eigenvalue weighted by molar-refractivity contribution is 5.69. The third-order valence-corrected chi connectivity index (χ3v) is 3.32. The monoisotopic (exact) mass is 315 g/mol. The van der Waals surface area contributed by atoms with E-state index in [4.69, 9.17) is 4.74 Å². The zero-order valence-electron chi connectivity index (χ0n) is 12.6. The molecule has 0 aliphatic carbocycles. The van der Waals surface area contributed by atoms with Gasteiger partial charge in [-0.05, 0) is 33.3 Å². The molecule has 1 aliphatic heterocycles. The molecule has 1 fully saturated rings. The van der Waals surface area contributed by atoms with Gasteiger partial charge in [0.25, 0.3) is 0 Å². The number of aliphatic hydroxyl groups is 1. The Bertz CT molecular complexity index is 586. The first-order valence-corrected chi connectivity index (χ1v) is 6.94. The summed E-state index contributed by atoms with van der Waals surface area (Å²) in [6, 6.07) is 0.663. The smallest absolute Gasteiger partial charge is 0.410 e. The summed E-state index contributed by atoms with van der Waals surface area (Å²) in [5.74, 6) is -2.70. The third-order valence-electron chi connectivity index (χ3n) is 3.32. The zero-order chi connectivity index (χ0) is 16.7. The van der Waals surface area contributed by atoms with Gasteiger partial charge in [-0.2, -0.15) is 0 Å². The standard InChI is InChI=1S/C15H19F2NO4/c1-15(2,3)22-14(21)18-7-9(19)6-12(18)10-4-8(16)5-11(17)13(10)20/h4-5,9,12,19-20H,6-7H2,1-3H3/t9-,12?/m1/s1. The molecule has 2 atom stereocenters. The Balaban J connectivity index is 2.34. The van der Waals surface area contributed by atoms with Crippen LogP contribution < -0.4 is 0 Å². The van der Waals surface area contributed by atoms with Crippen molar-refractivity contribution < 1.29 is 28.5 Å². The Morgan fingerprint density at radius 2 is 2.00 bits per heavy atom. The van der Waals surface area contributed by atoms with Crippen molar-refractivity contribution in [3.63, 3.8) is 0 Å². The average molecular weight is 315 g/mol. The zero-order valence-corrected chi connectivity index (χ0v) is 12.6. The molecule has 7 heteroatoms. The van der Waals surface area contributed by atoms with Gasteiger partial charge in [0, 0.05) is 11.6 Å². The van der Waals surface area contributed by atoms with Crippen LogP contribution in [0.3, 0.4) is 0 Å². The van der Waals surface area contributed by atoms with E-state index in [0.29, 0.717) is 6.07 Å². The Morgan fingerprint density at radius 1 is 1.36 bits per heavy atom. The minimum absolute atomic E-state index is 0.0306. The molecule has 22 heavy (non-hydrogen) atoms. The first-order valence-electron chi connectivity index (χ1n) is 6.94. The highest BCUT2D eigenvalue weighted by Gasteiger charge is 2.39. The van der Waals surface area contributed by atoms with E-state index in [1.165, 1.54) is 4.90 Å². The Hall–Kier alpha value is -1.89. The lowest BCUT2D eigenvalue weighted by Crippen LogP contribution is -2.37. The number of halogens is 2. The molecule has 1 aliphatic rings. The fourth-order valence-electron chi connectivity index (χ4n) is 2.47. The normalized spacial score (nSPS) is 22.0. The van der Waals surface area contributed by atoms with E-state index in [9.17, 15) is 23.8 Å². The number of aromatic hydroxyl groups is 1. The van der Waals surface area contributed by atoms with Crippen LogP contribution in [0.15, 0.2) is 12.1 Å². The highest BCUT2D eigenvalue weighted by atomic mass is 19.1. The molecule has 1 amide bonds. The van der Waals surface area contributed by atoms with Gasteiger partial charge < -0.3 is 14.9 Å². The van der Waals surface area contributed by atoms with Gasteiger partial charge in [-0.3, -0.25) is 4.90 Å². The van der Waals surface area contributed by atoms with Crippen LogP contribution in [0.4, 0.5) is 13.6 Å². The molecular weight excluding hydrogens is 296 g/mol. The quantitative estimate of drug-likeness (QED) is 0.836. The van der Waals surface area contributed by atoms with E-state index in [1.54, 1.807) is 20.8 Å². The number of likely N-dealkylation sites (tertiary alicyclic amines) is 1. The van der Waals surface area contributed by atoms with Crippen LogP contribution in [0.2, 0.25) is 0 Å². The Labute approximate surface area is 127 Å². The number of hydrogen-bond donors (Lipinski definition) is 2. The van der Waals surface area contributed by atoms with Crippen molar-refractivity contribution in [1.29, 1.82) is 0 Å². The molecule has 1 unspecified atom stereocenters. The van der Waals surface area contributed by atoms with Gasteiger partial charge in [0.15, 0.2) is 11.6 Å². The highest BCUT2D eigenvalue weighted by Crippen LogP contribution is 2.39. The summed E-state index contributed by atoms with van der Waals surface area (Å²) >= 11 is 0. The number of nitrogens with zero attached hydrogens (tertiary/aromatic N) is 1. The second-order valence-corrected chi connectivity index (χ2v) is 6.36. The number of rotatable bonds is 1. The second-order valence-electron chi connectivity index (χ2n) is 6.36. The summed E-state index contributed by atoms with van der Waals surface area (Å²) < 4.78 is 32.1. The number of phenolic OH excluding ortho intramolecular Hbond substituents is 1. The molecule has 1 aromatic carbocycles. The molecule has 0 saturated carbocycles. The van der Waals surface area contributed by atoms with Crippen molar-refractivity contribution in [2.24, 2.45) is 0 Å². The maximum absolute atomic E-state index is 13.5. The summed E-state index contributed by atoms with van der Waals surface area (Å²) in [5, 5.41) is 19.6. The molecule has 0 radical (unpaired) electrons. The van der Waals surface area contributed by atoms with Crippen LogP contribution >= 0.6 is 0 Å². The number of β-amino-alcohol motifs (C(OH)–C–C–N with tert-alkyl or cyclic N) is 1. The van der Waals surface area contributed by atoms with E-state index in [2.05, 4.69) is 0 Å². The van der Waals surface area contributed by atoms with E-state index < -0.39 is 41.2 Å². The van der Waals surface area contributed by atoms with E-state index in [-0.39, 0.29) is 18.5 Å². The molecule has 0 spiro atoms. The largest absolute Gasteiger partial charge is 0.505 e. The molecule has 2 rings (SSSR count). The second kappa shape index (κ2) is 5.72. The summed E-state index contributed by atoms with van der Waals surface area (Å²) in [5.41, 5.74) is -0.829.